The molecular formula is C21H21F4IO4S+. The van der Waals surface area contributed by atoms with Crippen molar-refractivity contribution in [2.45, 2.75) is 36.5 Å². The van der Waals surface area contributed by atoms with Crippen molar-refractivity contribution in [1.29, 1.82) is 0 Å². The number of hydrogen-bond acceptors (Lipinski definition) is 4. The van der Waals surface area contributed by atoms with Crippen LogP contribution in [0.5, 0.6) is 0 Å². The normalized spacial score (nSPS) is 26.5. The maximum absolute atomic E-state index is 15.0. The molecule has 4 rings (SSSR count). The second kappa shape index (κ2) is 8.27. The Labute approximate surface area is 185 Å². The first-order chi connectivity index (χ1) is 14.5. The number of hydrogen-bond donors (Lipinski definition) is 1. The Balaban J connectivity index is 1.67. The van der Waals surface area contributed by atoms with E-state index in [2.05, 4.69) is 0 Å². The van der Waals surface area contributed by atoms with Gasteiger partial charge in [-0.25, -0.2) is 0 Å². The van der Waals surface area contributed by atoms with E-state index in [1.165, 1.54) is 24.3 Å². The van der Waals surface area contributed by atoms with E-state index in [0.717, 1.165) is 0 Å². The van der Waals surface area contributed by atoms with Crippen molar-refractivity contribution in [2.75, 3.05) is 0 Å². The third kappa shape index (κ3) is 4.00. The fourth-order valence-corrected chi connectivity index (χ4v) is 11.6. The second-order valence-corrected chi connectivity index (χ2v) is 14.4. The van der Waals surface area contributed by atoms with Crippen LogP contribution in [0, 0.1) is 24.9 Å². The number of benzene rings is 2. The lowest BCUT2D eigenvalue weighted by Gasteiger charge is -2.35. The van der Waals surface area contributed by atoms with Gasteiger partial charge in [0.1, 0.15) is 0 Å². The van der Waals surface area contributed by atoms with Crippen LogP contribution in [-0.4, -0.2) is 30.8 Å². The van der Waals surface area contributed by atoms with Gasteiger partial charge in [-0.2, -0.15) is 26.0 Å². The molecule has 2 fully saturated rings. The van der Waals surface area contributed by atoms with Crippen LogP contribution >= 0.6 is 0 Å². The molecule has 0 heterocycles. The molecule has 169 valence electrons. The van der Waals surface area contributed by atoms with E-state index in [4.69, 9.17) is 2.51 Å². The molecule has 0 amide bonds. The van der Waals surface area contributed by atoms with Crippen molar-refractivity contribution in [3.8, 4) is 0 Å². The average molecular weight is 572 g/mol. The highest BCUT2D eigenvalue weighted by Crippen LogP contribution is 2.58. The molecule has 0 spiro atoms. The maximum Gasteiger partial charge on any atom is 0.435 e. The standard InChI is InChI=1S/C21H21F4IO4S/c22-20(23,18-12-14-11-17(18)19(27)13-14)21(24,25)31(28,29)30-26(15-7-3-1-4-8-15)16-9-5-2-6-10-16/h1-10,14,17-19,27H,11-13H2/q+1. The lowest BCUT2D eigenvalue weighted by Crippen LogP contribution is -3.85. The van der Waals surface area contributed by atoms with E-state index >= 15 is 0 Å². The Hall–Kier alpha value is -1.24. The number of fused-ring (bicyclic) bond motifs is 2. The third-order valence-electron chi connectivity index (χ3n) is 5.95. The van der Waals surface area contributed by atoms with Gasteiger partial charge in [-0.05, 0) is 57.9 Å². The van der Waals surface area contributed by atoms with Crippen molar-refractivity contribution in [3.05, 3.63) is 67.8 Å². The van der Waals surface area contributed by atoms with Crippen molar-refractivity contribution >= 4 is 10.1 Å². The molecule has 1 radical (unpaired) electrons. The molecule has 4 atom stereocenters. The fourth-order valence-electron chi connectivity index (χ4n) is 4.49. The summed E-state index contributed by atoms with van der Waals surface area (Å²) in [6.07, 6.45) is -0.875. The highest BCUT2D eigenvalue weighted by Gasteiger charge is 2.74. The molecule has 2 aromatic rings. The molecule has 2 aliphatic rings. The van der Waals surface area contributed by atoms with Gasteiger partial charge in [-0.15, -0.1) is 0 Å². The number of rotatable bonds is 7. The molecule has 4 nitrogen and oxygen atoms in total. The summed E-state index contributed by atoms with van der Waals surface area (Å²) in [4.78, 5) is 0. The van der Waals surface area contributed by atoms with Gasteiger partial charge in [-0.3, -0.25) is 0 Å². The molecular weight excluding hydrogens is 551 g/mol. The SMILES string of the molecule is O=S(=O)(O[I+](c1ccccc1)c1ccccc1)C(F)(F)C(F)(F)C1CC2CC(O)C1C2. The summed E-state index contributed by atoms with van der Waals surface area (Å²) in [5, 5.41) is 4.49. The quantitative estimate of drug-likeness (QED) is 0.401. The summed E-state index contributed by atoms with van der Waals surface area (Å²) in [5.41, 5.74) is 0. The molecule has 2 bridgehead atoms. The molecule has 31 heavy (non-hydrogen) atoms. The molecule has 1 N–H and O–H groups in total. The topological polar surface area (TPSA) is 63.6 Å². The molecule has 2 saturated carbocycles. The van der Waals surface area contributed by atoms with E-state index < -0.39 is 59.5 Å². The summed E-state index contributed by atoms with van der Waals surface area (Å²) in [7, 11) is -5.98. The summed E-state index contributed by atoms with van der Waals surface area (Å²) in [5.74, 6) is -8.11. The van der Waals surface area contributed by atoms with Crippen molar-refractivity contribution in [1.82, 2.24) is 0 Å². The summed E-state index contributed by atoms with van der Waals surface area (Å²) in [6.45, 7) is 0. The Kier molecular flexibility index (Phi) is 6.12. The zero-order chi connectivity index (χ0) is 22.4. The molecule has 2 aromatic carbocycles. The zero-order valence-electron chi connectivity index (χ0n) is 16.2. The lowest BCUT2D eigenvalue weighted by atomic mass is 9.82. The van der Waals surface area contributed by atoms with Crippen LogP contribution in [0.2, 0.25) is 0 Å². The minimum Gasteiger partial charge on any atom is -0.393 e. The smallest absolute Gasteiger partial charge is 0.393 e. The zero-order valence-corrected chi connectivity index (χ0v) is 19.1. The van der Waals surface area contributed by atoms with Gasteiger partial charge in [0.05, 0.1) is 6.10 Å². The largest absolute Gasteiger partial charge is 0.435 e. The van der Waals surface area contributed by atoms with E-state index in [9.17, 15) is 31.1 Å². The Bertz CT molecular complexity index is 981. The van der Waals surface area contributed by atoms with Crippen LogP contribution < -0.4 is 20.2 Å². The maximum atomic E-state index is 15.0. The third-order valence-corrected chi connectivity index (χ3v) is 13.3. The predicted octanol–water partition coefficient (Wildman–Crippen LogP) is 1.25. The first kappa shape index (κ1) is 22.9. The highest BCUT2D eigenvalue weighted by molar-refractivity contribution is 7.87. The van der Waals surface area contributed by atoms with Gasteiger partial charge >= 0.3 is 41.5 Å². The number of alkyl halides is 4. The van der Waals surface area contributed by atoms with E-state index in [1.54, 1.807) is 36.4 Å². The van der Waals surface area contributed by atoms with Crippen molar-refractivity contribution < 1.29 is 53.8 Å². The Morgan fingerprint density at radius 3 is 1.84 bits per heavy atom. The predicted molar refractivity (Wildman–Crippen MR) is 101 cm³/mol. The van der Waals surface area contributed by atoms with Gasteiger partial charge in [0.15, 0.2) is 7.14 Å². The summed E-state index contributed by atoms with van der Waals surface area (Å²) >= 11 is -3.48. The van der Waals surface area contributed by atoms with Crippen LogP contribution in [-0.2, 0) is 12.6 Å². The second-order valence-electron chi connectivity index (χ2n) is 7.91. The average Bonchev–Trinajstić information content (AvgIpc) is 3.33. The molecule has 0 aliphatic heterocycles. The number of halogens is 5. The fraction of sp³-hybridized carbons (Fsp3) is 0.429. The molecule has 10 heteroatoms. The Morgan fingerprint density at radius 2 is 1.39 bits per heavy atom. The number of aliphatic hydroxyl groups is 1. The Morgan fingerprint density at radius 1 is 0.871 bits per heavy atom. The first-order valence-corrected chi connectivity index (χ1v) is 14.2. The highest BCUT2D eigenvalue weighted by atomic mass is 127. The van der Waals surface area contributed by atoms with Gasteiger partial charge in [0.2, 0.25) is 0 Å². The molecule has 0 aromatic heterocycles. The first-order valence-electron chi connectivity index (χ1n) is 9.73. The van der Waals surface area contributed by atoms with Crippen molar-refractivity contribution in [2.24, 2.45) is 17.8 Å². The van der Waals surface area contributed by atoms with Gasteiger partial charge in [0.25, 0.3) is 0 Å². The molecule has 2 aliphatic carbocycles. The lowest BCUT2D eigenvalue weighted by molar-refractivity contribution is -1.03. The minimum atomic E-state index is -5.98. The minimum absolute atomic E-state index is 0.199. The summed E-state index contributed by atoms with van der Waals surface area (Å²) in [6, 6.07) is 15.9. The monoisotopic (exact) mass is 572 g/mol. The number of aliphatic hydroxyl groups excluding tert-OH is 1. The molecule has 0 saturated heterocycles. The van der Waals surface area contributed by atoms with Crippen LogP contribution in [0.3, 0.4) is 0 Å². The van der Waals surface area contributed by atoms with Gasteiger partial charge < -0.3 is 5.11 Å². The van der Waals surface area contributed by atoms with E-state index in [0.29, 0.717) is 7.14 Å². The van der Waals surface area contributed by atoms with Crippen molar-refractivity contribution in [3.63, 3.8) is 0 Å². The van der Waals surface area contributed by atoms with Crippen LogP contribution in [0.25, 0.3) is 0 Å². The summed E-state index contributed by atoms with van der Waals surface area (Å²) < 4.78 is 90.9. The van der Waals surface area contributed by atoms with Crippen LogP contribution in [0.1, 0.15) is 19.3 Å². The van der Waals surface area contributed by atoms with Crippen LogP contribution in [0.4, 0.5) is 17.6 Å². The van der Waals surface area contributed by atoms with E-state index in [-0.39, 0.29) is 25.2 Å². The molecule has 4 unspecified atom stereocenters. The van der Waals surface area contributed by atoms with E-state index in [1.807, 2.05) is 0 Å². The van der Waals surface area contributed by atoms with Crippen LogP contribution in [0.15, 0.2) is 60.7 Å². The van der Waals surface area contributed by atoms with Gasteiger partial charge in [0, 0.05) is 5.92 Å². The van der Waals surface area contributed by atoms with Gasteiger partial charge in [-0.1, -0.05) is 36.4 Å².